The molecule has 0 saturated carbocycles. The van der Waals surface area contributed by atoms with Crippen LogP contribution in [-0.4, -0.2) is 65.1 Å². The Morgan fingerprint density at radius 1 is 1.20 bits per heavy atom. The molecule has 3 aromatic rings. The first kappa shape index (κ1) is 21.0. The number of hydrogen-bond donors (Lipinski definition) is 1. The molecule has 0 spiro atoms. The fraction of sp³-hybridized carbons (Fsp3) is 0.364. The molecule has 158 valence electrons. The molecule has 0 radical (unpaired) electrons. The van der Waals surface area contributed by atoms with Gasteiger partial charge >= 0.3 is 0 Å². The van der Waals surface area contributed by atoms with Crippen molar-refractivity contribution in [2.45, 2.75) is 13.0 Å². The average molecular weight is 474 g/mol. The van der Waals surface area contributed by atoms with Gasteiger partial charge in [0.05, 0.1) is 29.8 Å². The van der Waals surface area contributed by atoms with E-state index >= 15 is 0 Å². The minimum Gasteiger partial charge on any atom is -0.491 e. The van der Waals surface area contributed by atoms with Crippen molar-refractivity contribution in [1.82, 2.24) is 14.5 Å². The number of benzene rings is 2. The monoisotopic (exact) mass is 473 g/mol. The minimum absolute atomic E-state index is 0.117. The van der Waals surface area contributed by atoms with Crippen LogP contribution in [-0.2, 0) is 4.74 Å². The molecule has 1 aliphatic rings. The molecule has 1 aliphatic heterocycles. The van der Waals surface area contributed by atoms with Crippen LogP contribution in [0, 0.1) is 6.92 Å². The first-order valence-electron chi connectivity index (χ1n) is 9.91. The molecule has 1 aromatic heterocycles. The smallest absolute Gasteiger partial charge is 0.265 e. The van der Waals surface area contributed by atoms with E-state index in [1.165, 1.54) is 0 Å². The predicted molar refractivity (Wildman–Crippen MR) is 119 cm³/mol. The van der Waals surface area contributed by atoms with Crippen LogP contribution < -0.4 is 10.3 Å². The number of β-amino-alcohol motifs (C(OH)–C–C–N with tert-alkyl or cyclic N) is 1. The van der Waals surface area contributed by atoms with Gasteiger partial charge in [-0.25, -0.2) is 4.98 Å². The molecule has 0 bridgehead atoms. The molecule has 0 amide bonds. The van der Waals surface area contributed by atoms with Crippen molar-refractivity contribution >= 4 is 26.8 Å². The van der Waals surface area contributed by atoms with E-state index in [-0.39, 0.29) is 12.2 Å². The first-order valence-corrected chi connectivity index (χ1v) is 10.7. The number of ether oxygens (including phenoxy) is 2. The fourth-order valence-electron chi connectivity index (χ4n) is 3.59. The van der Waals surface area contributed by atoms with Gasteiger partial charge in [0.2, 0.25) is 0 Å². The lowest BCUT2D eigenvalue weighted by atomic mass is 10.2. The highest BCUT2D eigenvalue weighted by Crippen LogP contribution is 2.19. The van der Waals surface area contributed by atoms with Crippen LogP contribution in [0.4, 0.5) is 0 Å². The third-order valence-electron chi connectivity index (χ3n) is 5.11. The van der Waals surface area contributed by atoms with Crippen molar-refractivity contribution in [2.75, 3.05) is 39.5 Å². The first-order chi connectivity index (χ1) is 14.5. The van der Waals surface area contributed by atoms with Gasteiger partial charge in [0, 0.05) is 24.1 Å². The zero-order valence-electron chi connectivity index (χ0n) is 16.8. The topological polar surface area (TPSA) is 76.8 Å². The molecule has 7 nitrogen and oxygen atoms in total. The fourth-order valence-corrected chi connectivity index (χ4v) is 3.95. The normalized spacial score (nSPS) is 16.0. The number of rotatable bonds is 6. The van der Waals surface area contributed by atoms with Crippen LogP contribution in [0.2, 0.25) is 0 Å². The van der Waals surface area contributed by atoms with Crippen molar-refractivity contribution in [3.05, 3.63) is 63.1 Å². The van der Waals surface area contributed by atoms with Gasteiger partial charge in [-0.3, -0.25) is 14.3 Å². The van der Waals surface area contributed by atoms with Crippen LogP contribution in [0.5, 0.6) is 5.75 Å². The Morgan fingerprint density at radius 3 is 2.67 bits per heavy atom. The molecule has 1 atom stereocenters. The number of aliphatic hydroxyl groups is 1. The highest BCUT2D eigenvalue weighted by molar-refractivity contribution is 9.10. The highest BCUT2D eigenvalue weighted by Gasteiger charge is 2.15. The molecule has 2 heterocycles. The van der Waals surface area contributed by atoms with Crippen molar-refractivity contribution in [1.29, 1.82) is 0 Å². The Labute approximate surface area is 183 Å². The van der Waals surface area contributed by atoms with Gasteiger partial charge in [-0.2, -0.15) is 0 Å². The van der Waals surface area contributed by atoms with Crippen molar-refractivity contribution in [3.63, 3.8) is 0 Å². The molecule has 0 aliphatic carbocycles. The van der Waals surface area contributed by atoms with Gasteiger partial charge in [-0.05, 0) is 49.4 Å². The molecule has 1 N–H and O–H groups in total. The largest absolute Gasteiger partial charge is 0.491 e. The Bertz CT molecular complexity index is 1080. The summed E-state index contributed by atoms with van der Waals surface area (Å²) in [5.74, 6) is 1.26. The van der Waals surface area contributed by atoms with Crippen LogP contribution in [0.25, 0.3) is 16.6 Å². The van der Waals surface area contributed by atoms with Crippen LogP contribution in [0.3, 0.4) is 0 Å². The molecule has 1 unspecified atom stereocenters. The summed E-state index contributed by atoms with van der Waals surface area (Å²) in [6, 6.07) is 12.7. The summed E-state index contributed by atoms with van der Waals surface area (Å²) in [7, 11) is 0. The van der Waals surface area contributed by atoms with E-state index in [9.17, 15) is 9.90 Å². The molecule has 4 rings (SSSR count). The van der Waals surface area contributed by atoms with Gasteiger partial charge < -0.3 is 14.6 Å². The van der Waals surface area contributed by atoms with E-state index in [0.717, 1.165) is 17.6 Å². The van der Waals surface area contributed by atoms with Gasteiger partial charge in [-0.1, -0.05) is 15.9 Å². The second kappa shape index (κ2) is 9.26. The molecule has 2 aromatic carbocycles. The molecular formula is C22H24BrN3O4. The summed E-state index contributed by atoms with van der Waals surface area (Å²) in [4.78, 5) is 19.7. The van der Waals surface area contributed by atoms with Gasteiger partial charge in [0.1, 0.15) is 24.3 Å². The maximum Gasteiger partial charge on any atom is 0.265 e. The van der Waals surface area contributed by atoms with Crippen LogP contribution >= 0.6 is 15.9 Å². The van der Waals surface area contributed by atoms with Crippen molar-refractivity contribution < 1.29 is 14.6 Å². The zero-order chi connectivity index (χ0) is 21.1. The predicted octanol–water partition coefficient (Wildman–Crippen LogP) is 2.53. The maximum atomic E-state index is 13.0. The lowest BCUT2D eigenvalue weighted by Gasteiger charge is -2.28. The lowest BCUT2D eigenvalue weighted by molar-refractivity contribution is 0.00465. The van der Waals surface area contributed by atoms with Gasteiger partial charge in [-0.15, -0.1) is 0 Å². The Hall–Kier alpha value is -2.26. The summed E-state index contributed by atoms with van der Waals surface area (Å²) >= 11 is 3.41. The number of hydrogen-bond acceptors (Lipinski definition) is 6. The third kappa shape index (κ3) is 4.73. The summed E-state index contributed by atoms with van der Waals surface area (Å²) in [6.45, 7) is 5.65. The standard InChI is InChI=1S/C22H24BrN3O4/c1-15-24-21-7-2-16(23)12-20(21)22(28)26(15)17-3-5-19(6-4-17)30-14-18(27)13-25-8-10-29-11-9-25/h2-7,12,18,27H,8-11,13-14H2,1H3. The molecular weight excluding hydrogens is 450 g/mol. The molecule has 8 heteroatoms. The zero-order valence-corrected chi connectivity index (χ0v) is 18.3. The molecule has 1 saturated heterocycles. The van der Waals surface area contributed by atoms with E-state index in [2.05, 4.69) is 25.8 Å². The Kier molecular flexibility index (Phi) is 6.48. The van der Waals surface area contributed by atoms with E-state index in [1.807, 2.05) is 31.2 Å². The van der Waals surface area contributed by atoms with Crippen molar-refractivity contribution in [2.24, 2.45) is 0 Å². The number of morpholine rings is 1. The van der Waals surface area contributed by atoms with E-state index in [0.29, 0.717) is 47.9 Å². The summed E-state index contributed by atoms with van der Waals surface area (Å²) in [5.41, 5.74) is 1.27. The summed E-state index contributed by atoms with van der Waals surface area (Å²) in [6.07, 6.45) is -0.573. The number of nitrogens with zero attached hydrogens (tertiary/aromatic N) is 3. The quantitative estimate of drug-likeness (QED) is 0.592. The van der Waals surface area contributed by atoms with Gasteiger partial charge in [0.15, 0.2) is 0 Å². The number of fused-ring (bicyclic) bond motifs is 1. The SMILES string of the molecule is Cc1nc2ccc(Br)cc2c(=O)n1-c1ccc(OCC(O)CN2CCOCC2)cc1. The second-order valence-electron chi connectivity index (χ2n) is 7.33. The summed E-state index contributed by atoms with van der Waals surface area (Å²) in [5, 5.41) is 10.8. The van der Waals surface area contributed by atoms with E-state index in [4.69, 9.17) is 9.47 Å². The Morgan fingerprint density at radius 2 is 1.93 bits per heavy atom. The number of aliphatic hydroxyl groups excluding tert-OH is 1. The molecule has 30 heavy (non-hydrogen) atoms. The highest BCUT2D eigenvalue weighted by atomic mass is 79.9. The van der Waals surface area contributed by atoms with E-state index in [1.54, 1.807) is 22.8 Å². The van der Waals surface area contributed by atoms with Crippen LogP contribution in [0.15, 0.2) is 51.7 Å². The minimum atomic E-state index is -0.573. The number of halogens is 1. The van der Waals surface area contributed by atoms with E-state index < -0.39 is 6.10 Å². The average Bonchev–Trinajstić information content (AvgIpc) is 2.74. The third-order valence-corrected chi connectivity index (χ3v) is 5.60. The summed E-state index contributed by atoms with van der Waals surface area (Å²) < 4.78 is 13.5. The number of aromatic nitrogens is 2. The maximum absolute atomic E-state index is 13.0. The van der Waals surface area contributed by atoms with Crippen LogP contribution in [0.1, 0.15) is 5.82 Å². The van der Waals surface area contributed by atoms with Gasteiger partial charge in [0.25, 0.3) is 5.56 Å². The second-order valence-corrected chi connectivity index (χ2v) is 8.25. The molecule has 1 fully saturated rings. The Balaban J connectivity index is 1.46. The van der Waals surface area contributed by atoms with Crippen molar-refractivity contribution in [3.8, 4) is 11.4 Å². The number of aryl methyl sites for hydroxylation is 1. The lowest BCUT2D eigenvalue weighted by Crippen LogP contribution is -2.42.